The van der Waals surface area contributed by atoms with E-state index in [0.29, 0.717) is 0 Å². The Morgan fingerprint density at radius 3 is 2.67 bits per heavy atom. The second-order valence-corrected chi connectivity index (χ2v) is 5.52. The minimum absolute atomic E-state index is 0.150. The van der Waals surface area contributed by atoms with Gasteiger partial charge in [-0.25, -0.2) is 0 Å². The van der Waals surface area contributed by atoms with E-state index in [1.54, 1.807) is 0 Å². The van der Waals surface area contributed by atoms with Crippen molar-refractivity contribution in [3.8, 4) is 5.75 Å². The summed E-state index contributed by atoms with van der Waals surface area (Å²) in [5.74, 6) is 0.984. The first-order valence-electron chi connectivity index (χ1n) is 7.32. The van der Waals surface area contributed by atoms with Crippen LogP contribution in [0.5, 0.6) is 5.75 Å². The number of hydrogen-bond donors (Lipinski definition) is 1. The fraction of sp³-hybridized carbons (Fsp3) is 0.158. The van der Waals surface area contributed by atoms with Crippen LogP contribution in [0, 0.1) is 0 Å². The molecule has 0 fully saturated rings. The average molecular weight is 275 g/mol. The number of nitrogens with two attached hydrogens (primary N) is 1. The summed E-state index contributed by atoms with van der Waals surface area (Å²) in [6, 6.07) is 20.9. The predicted molar refractivity (Wildman–Crippen MR) is 85.6 cm³/mol. The van der Waals surface area contributed by atoms with Crippen molar-refractivity contribution >= 4 is 10.8 Å². The van der Waals surface area contributed by atoms with Crippen LogP contribution < -0.4 is 10.5 Å². The summed E-state index contributed by atoms with van der Waals surface area (Å²) in [5.41, 5.74) is 9.97. The molecule has 1 heterocycles. The van der Waals surface area contributed by atoms with Crippen LogP contribution >= 0.6 is 0 Å². The van der Waals surface area contributed by atoms with Crippen molar-refractivity contribution in [2.24, 2.45) is 5.73 Å². The van der Waals surface area contributed by atoms with Crippen LogP contribution in [0.1, 0.15) is 22.7 Å². The fourth-order valence-electron chi connectivity index (χ4n) is 3.07. The summed E-state index contributed by atoms with van der Waals surface area (Å²) in [6.07, 6.45) is 0.980. The molecule has 104 valence electrons. The Morgan fingerprint density at radius 2 is 1.76 bits per heavy atom. The predicted octanol–water partition coefficient (Wildman–Crippen LogP) is 3.82. The van der Waals surface area contributed by atoms with Crippen LogP contribution in [-0.2, 0) is 6.42 Å². The van der Waals surface area contributed by atoms with Gasteiger partial charge in [-0.15, -0.1) is 0 Å². The number of rotatable bonds is 2. The molecule has 2 nitrogen and oxygen atoms in total. The maximum Gasteiger partial charge on any atom is 0.127 e. The van der Waals surface area contributed by atoms with Gasteiger partial charge in [-0.3, -0.25) is 0 Å². The summed E-state index contributed by atoms with van der Waals surface area (Å²) < 4.78 is 5.78. The summed E-state index contributed by atoms with van der Waals surface area (Å²) in [6.45, 7) is 0.761. The molecule has 3 aromatic rings. The third-order valence-corrected chi connectivity index (χ3v) is 4.21. The second-order valence-electron chi connectivity index (χ2n) is 5.52. The van der Waals surface area contributed by atoms with E-state index >= 15 is 0 Å². The number of ether oxygens (including phenoxy) is 1. The number of fused-ring (bicyclic) bond motifs is 2. The van der Waals surface area contributed by atoms with Gasteiger partial charge in [-0.2, -0.15) is 0 Å². The van der Waals surface area contributed by atoms with Gasteiger partial charge >= 0.3 is 0 Å². The second kappa shape index (κ2) is 4.90. The molecule has 4 rings (SSSR count). The zero-order valence-corrected chi connectivity index (χ0v) is 11.8. The van der Waals surface area contributed by atoms with E-state index in [1.807, 2.05) is 0 Å². The van der Waals surface area contributed by atoms with Crippen molar-refractivity contribution in [1.82, 2.24) is 0 Å². The topological polar surface area (TPSA) is 35.2 Å². The fourth-order valence-corrected chi connectivity index (χ4v) is 3.07. The molecule has 0 radical (unpaired) electrons. The van der Waals surface area contributed by atoms with Crippen molar-refractivity contribution in [3.63, 3.8) is 0 Å². The summed E-state index contributed by atoms with van der Waals surface area (Å²) in [5, 5.41) is 2.46. The van der Waals surface area contributed by atoms with Crippen LogP contribution in [0.25, 0.3) is 10.8 Å². The lowest BCUT2D eigenvalue weighted by Crippen LogP contribution is -2.12. The quantitative estimate of drug-likeness (QED) is 0.771. The van der Waals surface area contributed by atoms with E-state index in [1.165, 1.54) is 16.3 Å². The molecule has 2 heteroatoms. The molecule has 0 saturated heterocycles. The van der Waals surface area contributed by atoms with Gasteiger partial charge < -0.3 is 10.5 Å². The zero-order chi connectivity index (χ0) is 14.2. The molecule has 1 atom stereocenters. The van der Waals surface area contributed by atoms with Crippen molar-refractivity contribution in [3.05, 3.63) is 77.4 Å². The minimum atomic E-state index is -0.150. The van der Waals surface area contributed by atoms with Crippen LogP contribution in [0.3, 0.4) is 0 Å². The third-order valence-electron chi connectivity index (χ3n) is 4.21. The minimum Gasteiger partial charge on any atom is -0.493 e. The standard InChI is InChI=1S/C19H17NO/c20-18(17-7-3-6-14-10-11-21-19(14)17)16-9-8-13-4-1-2-5-15(13)12-16/h1-9,12,18H,10-11,20H2. The molecular weight excluding hydrogens is 258 g/mol. The van der Waals surface area contributed by atoms with E-state index in [4.69, 9.17) is 10.5 Å². The van der Waals surface area contributed by atoms with Crippen LogP contribution in [0.2, 0.25) is 0 Å². The van der Waals surface area contributed by atoms with Gasteiger partial charge in [-0.05, 0) is 28.0 Å². The molecule has 3 aromatic carbocycles. The Labute approximate surface area is 124 Å². The molecule has 0 aliphatic carbocycles. The lowest BCUT2D eigenvalue weighted by molar-refractivity contribution is 0.352. The van der Waals surface area contributed by atoms with E-state index in [-0.39, 0.29) is 6.04 Å². The van der Waals surface area contributed by atoms with Gasteiger partial charge in [0.05, 0.1) is 12.6 Å². The molecule has 1 aliphatic heterocycles. The molecule has 0 bridgehead atoms. The lowest BCUT2D eigenvalue weighted by atomic mass is 9.95. The number of para-hydroxylation sites is 1. The van der Waals surface area contributed by atoms with Gasteiger partial charge in [0.15, 0.2) is 0 Å². The molecule has 1 aliphatic rings. The first kappa shape index (κ1) is 12.4. The monoisotopic (exact) mass is 275 g/mol. The highest BCUT2D eigenvalue weighted by molar-refractivity contribution is 5.83. The first-order chi connectivity index (χ1) is 10.3. The summed E-state index contributed by atoms with van der Waals surface area (Å²) in [7, 11) is 0. The Balaban J connectivity index is 1.80. The smallest absolute Gasteiger partial charge is 0.127 e. The largest absolute Gasteiger partial charge is 0.493 e. The van der Waals surface area contributed by atoms with E-state index < -0.39 is 0 Å². The first-order valence-corrected chi connectivity index (χ1v) is 7.32. The highest BCUT2D eigenvalue weighted by Gasteiger charge is 2.20. The molecule has 1 unspecified atom stereocenters. The number of hydrogen-bond acceptors (Lipinski definition) is 2. The van der Waals surface area contributed by atoms with Crippen molar-refractivity contribution < 1.29 is 4.74 Å². The highest BCUT2D eigenvalue weighted by atomic mass is 16.5. The Kier molecular flexibility index (Phi) is 2.90. The molecular formula is C19H17NO. The van der Waals surface area contributed by atoms with Gasteiger partial charge in [-0.1, -0.05) is 54.6 Å². The van der Waals surface area contributed by atoms with Crippen molar-refractivity contribution in [1.29, 1.82) is 0 Å². The zero-order valence-electron chi connectivity index (χ0n) is 11.8. The third kappa shape index (κ3) is 2.08. The van der Waals surface area contributed by atoms with Crippen LogP contribution in [0.4, 0.5) is 0 Å². The number of benzene rings is 3. The lowest BCUT2D eigenvalue weighted by Gasteiger charge is -2.16. The normalized spacial score (nSPS) is 14.7. The Bertz CT molecular complexity index is 810. The van der Waals surface area contributed by atoms with Gasteiger partial charge in [0.25, 0.3) is 0 Å². The van der Waals surface area contributed by atoms with E-state index in [0.717, 1.165) is 29.9 Å². The van der Waals surface area contributed by atoms with E-state index in [9.17, 15) is 0 Å². The molecule has 0 saturated carbocycles. The Hall–Kier alpha value is -2.32. The maximum atomic E-state index is 6.50. The van der Waals surface area contributed by atoms with Crippen molar-refractivity contribution in [2.75, 3.05) is 6.61 Å². The average Bonchev–Trinajstić information content (AvgIpc) is 3.02. The molecule has 2 N–H and O–H groups in total. The Morgan fingerprint density at radius 1 is 0.905 bits per heavy atom. The molecule has 0 amide bonds. The van der Waals surface area contributed by atoms with Crippen molar-refractivity contribution in [2.45, 2.75) is 12.5 Å². The van der Waals surface area contributed by atoms with Crippen LogP contribution in [0.15, 0.2) is 60.7 Å². The SMILES string of the molecule is NC(c1ccc2ccccc2c1)c1cccc2c1OCC2. The molecule has 0 spiro atoms. The highest BCUT2D eigenvalue weighted by Crippen LogP contribution is 2.35. The van der Waals surface area contributed by atoms with Gasteiger partial charge in [0.1, 0.15) is 5.75 Å². The molecule has 21 heavy (non-hydrogen) atoms. The van der Waals surface area contributed by atoms with Crippen LogP contribution in [-0.4, -0.2) is 6.61 Å². The summed E-state index contributed by atoms with van der Waals surface area (Å²) >= 11 is 0. The van der Waals surface area contributed by atoms with Gasteiger partial charge in [0.2, 0.25) is 0 Å². The maximum absolute atomic E-state index is 6.50. The van der Waals surface area contributed by atoms with E-state index in [2.05, 4.69) is 60.7 Å². The van der Waals surface area contributed by atoms with Gasteiger partial charge in [0, 0.05) is 12.0 Å². The summed E-state index contributed by atoms with van der Waals surface area (Å²) in [4.78, 5) is 0. The molecule has 0 aromatic heterocycles.